The van der Waals surface area contributed by atoms with Gasteiger partial charge < -0.3 is 14.8 Å². The van der Waals surface area contributed by atoms with Crippen LogP contribution in [0.1, 0.15) is 0 Å². The molecule has 2 heterocycles. The van der Waals surface area contributed by atoms with Crippen molar-refractivity contribution in [2.24, 2.45) is 0 Å². The van der Waals surface area contributed by atoms with Gasteiger partial charge in [0.15, 0.2) is 11.5 Å². The number of nitrogens with one attached hydrogen (secondary N) is 1. The fourth-order valence-electron chi connectivity index (χ4n) is 1.84. The molecule has 8 nitrogen and oxygen atoms in total. The molecule has 0 spiro atoms. The molecule has 0 amide bonds. The van der Waals surface area contributed by atoms with Gasteiger partial charge in [0.1, 0.15) is 19.4 Å². The van der Waals surface area contributed by atoms with Crippen LogP contribution < -0.4 is 14.8 Å². The van der Waals surface area contributed by atoms with E-state index in [-0.39, 0.29) is 16.8 Å². The summed E-state index contributed by atoms with van der Waals surface area (Å²) < 4.78 is 10.8. The summed E-state index contributed by atoms with van der Waals surface area (Å²) in [6.45, 7) is 0.947. The molecule has 0 saturated heterocycles. The molecule has 108 valence electrons. The van der Waals surface area contributed by atoms with Crippen molar-refractivity contribution < 1.29 is 14.4 Å². The minimum Gasteiger partial charge on any atom is -0.486 e. The minimum absolute atomic E-state index is 0.0108. The van der Waals surface area contributed by atoms with Gasteiger partial charge in [0, 0.05) is 11.8 Å². The summed E-state index contributed by atoms with van der Waals surface area (Å²) in [5.41, 5.74) is 0.298. The fourth-order valence-corrected chi connectivity index (χ4v) is 1.97. The van der Waals surface area contributed by atoms with E-state index in [1.807, 2.05) is 0 Å². The van der Waals surface area contributed by atoms with Crippen LogP contribution in [0.2, 0.25) is 5.28 Å². The molecule has 0 fully saturated rings. The molecule has 9 heteroatoms. The first kappa shape index (κ1) is 13.4. The van der Waals surface area contributed by atoms with Crippen molar-refractivity contribution in [2.75, 3.05) is 18.5 Å². The predicted octanol–water partition coefficient (Wildman–Crippen LogP) is 2.55. The Kier molecular flexibility index (Phi) is 3.44. The third kappa shape index (κ3) is 2.79. The maximum absolute atomic E-state index is 11.0. The van der Waals surface area contributed by atoms with Crippen LogP contribution in [0.4, 0.5) is 17.2 Å². The summed E-state index contributed by atoms with van der Waals surface area (Å²) in [5, 5.41) is 13.7. The first-order chi connectivity index (χ1) is 10.1. The summed E-state index contributed by atoms with van der Waals surface area (Å²) in [4.78, 5) is 17.8. The lowest BCUT2D eigenvalue weighted by molar-refractivity contribution is -0.384. The van der Waals surface area contributed by atoms with Crippen LogP contribution in [0.15, 0.2) is 24.4 Å². The van der Waals surface area contributed by atoms with Gasteiger partial charge in [0.2, 0.25) is 11.1 Å². The molecule has 0 aliphatic carbocycles. The molecule has 21 heavy (non-hydrogen) atoms. The first-order valence-corrected chi connectivity index (χ1v) is 6.35. The lowest BCUT2D eigenvalue weighted by atomic mass is 10.2. The number of hydrogen-bond donors (Lipinski definition) is 1. The number of anilines is 2. The highest BCUT2D eigenvalue weighted by Crippen LogP contribution is 2.34. The zero-order valence-electron chi connectivity index (χ0n) is 10.6. The maximum Gasteiger partial charge on any atom is 0.329 e. The number of hydrogen-bond acceptors (Lipinski definition) is 7. The summed E-state index contributed by atoms with van der Waals surface area (Å²) >= 11 is 5.67. The van der Waals surface area contributed by atoms with Crippen molar-refractivity contribution in [3.05, 3.63) is 39.8 Å². The van der Waals surface area contributed by atoms with E-state index >= 15 is 0 Å². The molecule has 0 unspecified atom stereocenters. The van der Waals surface area contributed by atoms with Gasteiger partial charge in [0.05, 0.1) is 4.92 Å². The standard InChI is InChI=1S/C12H9ClN4O4/c13-12-14-6-8(17(18)19)11(16-12)15-7-1-2-9-10(5-7)21-4-3-20-9/h1-2,5-6H,3-4H2,(H,14,15,16). The second-order valence-electron chi connectivity index (χ2n) is 4.11. The van der Waals surface area contributed by atoms with Crippen molar-refractivity contribution in [2.45, 2.75) is 0 Å². The van der Waals surface area contributed by atoms with Crippen LogP contribution in [0.25, 0.3) is 0 Å². The van der Waals surface area contributed by atoms with E-state index in [4.69, 9.17) is 21.1 Å². The quantitative estimate of drug-likeness (QED) is 0.528. The van der Waals surface area contributed by atoms with Crippen LogP contribution in [0.5, 0.6) is 11.5 Å². The summed E-state index contributed by atoms with van der Waals surface area (Å²) in [5.74, 6) is 1.20. The third-order valence-electron chi connectivity index (χ3n) is 2.74. The number of benzene rings is 1. The molecule has 0 saturated carbocycles. The van der Waals surface area contributed by atoms with E-state index in [0.717, 1.165) is 6.20 Å². The number of rotatable bonds is 3. The molecule has 0 atom stereocenters. The van der Waals surface area contributed by atoms with Gasteiger partial charge in [0.25, 0.3) is 0 Å². The zero-order chi connectivity index (χ0) is 14.8. The smallest absolute Gasteiger partial charge is 0.329 e. The summed E-state index contributed by atoms with van der Waals surface area (Å²) in [7, 11) is 0. The normalized spacial score (nSPS) is 12.8. The summed E-state index contributed by atoms with van der Waals surface area (Å²) in [6, 6.07) is 5.09. The molecule has 3 rings (SSSR count). The second-order valence-corrected chi connectivity index (χ2v) is 4.45. The molecule has 0 bridgehead atoms. The van der Waals surface area contributed by atoms with E-state index in [0.29, 0.717) is 30.4 Å². The van der Waals surface area contributed by atoms with Crippen molar-refractivity contribution in [3.63, 3.8) is 0 Å². The second kappa shape index (κ2) is 5.41. The average Bonchev–Trinajstić information content (AvgIpc) is 2.47. The molecule has 1 aromatic carbocycles. The zero-order valence-corrected chi connectivity index (χ0v) is 11.3. The van der Waals surface area contributed by atoms with Gasteiger partial charge in [-0.3, -0.25) is 10.1 Å². The average molecular weight is 309 g/mol. The fraction of sp³-hybridized carbons (Fsp3) is 0.167. The van der Waals surface area contributed by atoms with Crippen LogP contribution >= 0.6 is 11.6 Å². The topological polar surface area (TPSA) is 99.4 Å². The first-order valence-electron chi connectivity index (χ1n) is 5.97. The third-order valence-corrected chi connectivity index (χ3v) is 2.92. The molecule has 1 N–H and O–H groups in total. The Bertz CT molecular complexity index is 710. The Morgan fingerprint density at radius 2 is 2.05 bits per heavy atom. The Morgan fingerprint density at radius 1 is 1.29 bits per heavy atom. The molecule has 1 aliphatic rings. The molecule has 0 radical (unpaired) electrons. The monoisotopic (exact) mass is 308 g/mol. The number of fused-ring (bicyclic) bond motifs is 1. The highest BCUT2D eigenvalue weighted by Gasteiger charge is 2.18. The molecular formula is C12H9ClN4O4. The van der Waals surface area contributed by atoms with E-state index in [2.05, 4.69) is 15.3 Å². The summed E-state index contributed by atoms with van der Waals surface area (Å²) in [6.07, 6.45) is 1.05. The van der Waals surface area contributed by atoms with Gasteiger partial charge >= 0.3 is 5.69 Å². The van der Waals surface area contributed by atoms with Gasteiger partial charge in [-0.15, -0.1) is 0 Å². The largest absolute Gasteiger partial charge is 0.486 e. The van der Waals surface area contributed by atoms with Crippen LogP contribution in [0, 0.1) is 10.1 Å². The van der Waals surface area contributed by atoms with Gasteiger partial charge in [-0.1, -0.05) is 0 Å². The number of halogens is 1. The van der Waals surface area contributed by atoms with E-state index in [9.17, 15) is 10.1 Å². The van der Waals surface area contributed by atoms with Crippen molar-refractivity contribution >= 4 is 28.8 Å². The number of aromatic nitrogens is 2. The lowest BCUT2D eigenvalue weighted by Crippen LogP contribution is -2.15. The predicted molar refractivity (Wildman–Crippen MR) is 74.4 cm³/mol. The van der Waals surface area contributed by atoms with Crippen LogP contribution in [-0.4, -0.2) is 28.1 Å². The van der Waals surface area contributed by atoms with Crippen molar-refractivity contribution in [1.29, 1.82) is 0 Å². The van der Waals surface area contributed by atoms with E-state index in [1.54, 1.807) is 18.2 Å². The minimum atomic E-state index is -0.587. The highest BCUT2D eigenvalue weighted by molar-refractivity contribution is 6.28. The Balaban J connectivity index is 1.93. The SMILES string of the molecule is O=[N+]([O-])c1cnc(Cl)nc1Nc1ccc2c(c1)OCCO2. The lowest BCUT2D eigenvalue weighted by Gasteiger charge is -2.19. The van der Waals surface area contributed by atoms with Gasteiger partial charge in [-0.25, -0.2) is 4.98 Å². The van der Waals surface area contributed by atoms with Gasteiger partial charge in [-0.2, -0.15) is 4.98 Å². The van der Waals surface area contributed by atoms with Crippen LogP contribution in [-0.2, 0) is 0 Å². The van der Waals surface area contributed by atoms with Crippen LogP contribution in [0.3, 0.4) is 0 Å². The maximum atomic E-state index is 11.0. The Morgan fingerprint density at radius 3 is 2.81 bits per heavy atom. The molecule has 1 aliphatic heterocycles. The van der Waals surface area contributed by atoms with Crippen molar-refractivity contribution in [3.8, 4) is 11.5 Å². The number of ether oxygens (including phenoxy) is 2. The Labute approximate surface area is 123 Å². The number of nitrogens with zero attached hydrogens (tertiary/aromatic N) is 3. The Hall–Kier alpha value is -2.61. The van der Waals surface area contributed by atoms with E-state index < -0.39 is 4.92 Å². The molecular weight excluding hydrogens is 300 g/mol. The highest BCUT2D eigenvalue weighted by atomic mass is 35.5. The van der Waals surface area contributed by atoms with Crippen molar-refractivity contribution in [1.82, 2.24) is 9.97 Å². The van der Waals surface area contributed by atoms with E-state index in [1.165, 1.54) is 0 Å². The number of nitro groups is 1. The van der Waals surface area contributed by atoms with Gasteiger partial charge in [-0.05, 0) is 23.7 Å². The molecule has 1 aromatic heterocycles. The molecule has 2 aromatic rings.